The number of rotatable bonds is 13. The molecule has 0 fully saturated rings. The van der Waals surface area contributed by atoms with Gasteiger partial charge in [-0.3, -0.25) is 14.4 Å². The van der Waals surface area contributed by atoms with Crippen LogP contribution in [0, 0.1) is 11.8 Å². The fourth-order valence-corrected chi connectivity index (χ4v) is 2.60. The van der Waals surface area contributed by atoms with Crippen LogP contribution in [0.25, 0.3) is 0 Å². The first-order chi connectivity index (χ1) is 9.90. The molecule has 6 heteroatoms. The number of carboxylic acids is 2. The van der Waals surface area contributed by atoms with E-state index < -0.39 is 28.9 Å². The molecule has 0 rings (SSSR count). The molecule has 2 N–H and O–H groups in total. The Kier molecular flexibility index (Phi) is 11.0. The predicted molar refractivity (Wildman–Crippen MR) is 83.5 cm³/mol. The van der Waals surface area contributed by atoms with Gasteiger partial charge in [-0.05, 0) is 6.42 Å². The summed E-state index contributed by atoms with van der Waals surface area (Å²) >= 11 is 3.56. The Morgan fingerprint density at radius 2 is 1.33 bits per heavy atom. The van der Waals surface area contributed by atoms with Gasteiger partial charge in [0, 0.05) is 6.42 Å². The molecule has 0 spiro atoms. The average Bonchev–Trinajstić information content (AvgIpc) is 2.39. The standard InChI is InChI=1S/C15H26O5S/c1-2-3-4-5-6-7-8-9-11(14(17)18)12(15(19)20)10-13(16)21/h11-12H,2-10H2,1H3,(H,16,21)(H,17,18)(H,19,20). The number of hydrogen-bond donors (Lipinski definition) is 3. The maximum absolute atomic E-state index is 11.2. The number of carbonyl (C=O) groups is 3. The lowest BCUT2D eigenvalue weighted by atomic mass is 9.85. The number of unbranched alkanes of at least 4 members (excludes halogenated alkanes) is 6. The van der Waals surface area contributed by atoms with Crippen molar-refractivity contribution in [2.45, 2.75) is 64.7 Å². The molecule has 0 saturated heterocycles. The Morgan fingerprint density at radius 3 is 1.76 bits per heavy atom. The minimum Gasteiger partial charge on any atom is -0.481 e. The lowest BCUT2D eigenvalue weighted by molar-refractivity contribution is -0.154. The second-order valence-electron chi connectivity index (χ2n) is 5.40. The van der Waals surface area contributed by atoms with Crippen molar-refractivity contribution in [3.63, 3.8) is 0 Å². The fourth-order valence-electron chi connectivity index (χ4n) is 2.41. The van der Waals surface area contributed by atoms with Crippen LogP contribution in [0.3, 0.4) is 0 Å². The summed E-state index contributed by atoms with van der Waals surface area (Å²) in [6.07, 6.45) is 7.26. The number of thiol groups is 1. The van der Waals surface area contributed by atoms with E-state index in [0.29, 0.717) is 12.8 Å². The van der Waals surface area contributed by atoms with E-state index in [1.54, 1.807) is 0 Å². The Labute approximate surface area is 131 Å². The van der Waals surface area contributed by atoms with Crippen molar-refractivity contribution >= 4 is 29.7 Å². The van der Waals surface area contributed by atoms with E-state index in [2.05, 4.69) is 19.6 Å². The fraction of sp³-hybridized carbons (Fsp3) is 0.800. The van der Waals surface area contributed by atoms with E-state index in [9.17, 15) is 19.5 Å². The number of carboxylic acid groups (broad SMARTS) is 2. The zero-order valence-corrected chi connectivity index (χ0v) is 13.5. The first-order valence-electron chi connectivity index (χ1n) is 7.57. The number of aliphatic carboxylic acids is 2. The molecule has 0 radical (unpaired) electrons. The second kappa shape index (κ2) is 11.6. The topological polar surface area (TPSA) is 91.7 Å². The molecule has 0 saturated carbocycles. The van der Waals surface area contributed by atoms with E-state index in [1.165, 1.54) is 19.3 Å². The van der Waals surface area contributed by atoms with Gasteiger partial charge >= 0.3 is 11.9 Å². The van der Waals surface area contributed by atoms with Gasteiger partial charge in [0.25, 0.3) is 0 Å². The SMILES string of the molecule is CCCCCCCCCC(C(=O)O)C(CC(=O)S)C(=O)O. The monoisotopic (exact) mass is 318 g/mol. The second-order valence-corrected chi connectivity index (χ2v) is 5.90. The molecule has 0 bridgehead atoms. The van der Waals surface area contributed by atoms with Crippen molar-refractivity contribution < 1.29 is 24.6 Å². The summed E-state index contributed by atoms with van der Waals surface area (Å²) in [4.78, 5) is 33.3. The van der Waals surface area contributed by atoms with Gasteiger partial charge in [-0.25, -0.2) is 0 Å². The van der Waals surface area contributed by atoms with Crippen LogP contribution in [0.1, 0.15) is 64.7 Å². The van der Waals surface area contributed by atoms with E-state index in [-0.39, 0.29) is 6.42 Å². The number of hydrogen-bond acceptors (Lipinski definition) is 3. The highest BCUT2D eigenvalue weighted by atomic mass is 32.1. The molecule has 0 aromatic heterocycles. The average molecular weight is 318 g/mol. The predicted octanol–water partition coefficient (Wildman–Crippen LogP) is 3.38. The highest BCUT2D eigenvalue weighted by Crippen LogP contribution is 2.24. The highest BCUT2D eigenvalue weighted by Gasteiger charge is 2.34. The van der Waals surface area contributed by atoms with Crippen molar-refractivity contribution in [1.82, 2.24) is 0 Å². The van der Waals surface area contributed by atoms with Gasteiger partial charge in [-0.2, -0.15) is 0 Å². The normalized spacial score (nSPS) is 13.6. The molecule has 0 aromatic rings. The number of carbonyl (C=O) groups excluding carboxylic acids is 1. The van der Waals surface area contributed by atoms with Crippen LogP contribution in [0.2, 0.25) is 0 Å². The third kappa shape index (κ3) is 9.50. The molecule has 0 aliphatic rings. The van der Waals surface area contributed by atoms with Crippen molar-refractivity contribution in [2.24, 2.45) is 11.8 Å². The summed E-state index contributed by atoms with van der Waals surface area (Å²) in [5.74, 6) is -4.60. The molecule has 0 aliphatic heterocycles. The minimum atomic E-state index is -1.24. The van der Waals surface area contributed by atoms with Gasteiger partial charge in [-0.1, -0.05) is 51.9 Å². The maximum atomic E-state index is 11.2. The summed E-state index contributed by atoms with van der Waals surface area (Å²) in [7, 11) is 0. The van der Waals surface area contributed by atoms with E-state index in [0.717, 1.165) is 19.3 Å². The van der Waals surface area contributed by atoms with Crippen LogP contribution in [-0.2, 0) is 14.4 Å². The van der Waals surface area contributed by atoms with Crippen LogP contribution >= 0.6 is 12.6 Å². The molecule has 2 atom stereocenters. The van der Waals surface area contributed by atoms with Crippen molar-refractivity contribution in [1.29, 1.82) is 0 Å². The quantitative estimate of drug-likeness (QED) is 0.358. The molecule has 122 valence electrons. The Bertz CT molecular complexity index is 343. The van der Waals surface area contributed by atoms with Crippen LogP contribution in [0.5, 0.6) is 0 Å². The molecule has 21 heavy (non-hydrogen) atoms. The van der Waals surface area contributed by atoms with Gasteiger partial charge in [-0.15, -0.1) is 12.6 Å². The molecule has 0 aliphatic carbocycles. The van der Waals surface area contributed by atoms with Gasteiger partial charge in [0.1, 0.15) is 0 Å². The molecule has 5 nitrogen and oxygen atoms in total. The Balaban J connectivity index is 4.25. The molecular weight excluding hydrogens is 292 g/mol. The molecule has 0 amide bonds. The first kappa shape index (κ1) is 20.0. The van der Waals surface area contributed by atoms with E-state index >= 15 is 0 Å². The zero-order chi connectivity index (χ0) is 16.3. The lowest BCUT2D eigenvalue weighted by Crippen LogP contribution is -2.31. The third-order valence-corrected chi connectivity index (χ3v) is 3.82. The smallest absolute Gasteiger partial charge is 0.307 e. The van der Waals surface area contributed by atoms with Gasteiger partial charge in [0.05, 0.1) is 11.8 Å². The molecule has 0 aromatic carbocycles. The summed E-state index contributed by atoms with van der Waals surface area (Å²) in [5, 5.41) is 17.7. The van der Waals surface area contributed by atoms with Crippen molar-refractivity contribution in [2.75, 3.05) is 0 Å². The van der Waals surface area contributed by atoms with Crippen molar-refractivity contribution in [3.05, 3.63) is 0 Å². The molecule has 0 heterocycles. The lowest BCUT2D eigenvalue weighted by Gasteiger charge is -2.19. The summed E-state index contributed by atoms with van der Waals surface area (Å²) in [5.41, 5.74) is 0. The van der Waals surface area contributed by atoms with E-state index in [1.807, 2.05) is 0 Å². The van der Waals surface area contributed by atoms with Crippen LogP contribution in [0.4, 0.5) is 0 Å². The van der Waals surface area contributed by atoms with E-state index in [4.69, 9.17) is 5.11 Å². The largest absolute Gasteiger partial charge is 0.481 e. The summed E-state index contributed by atoms with van der Waals surface area (Å²) < 4.78 is 0. The first-order valence-corrected chi connectivity index (χ1v) is 8.02. The summed E-state index contributed by atoms with van der Waals surface area (Å²) in [6.45, 7) is 2.15. The highest BCUT2D eigenvalue weighted by molar-refractivity contribution is 7.96. The van der Waals surface area contributed by atoms with Crippen LogP contribution < -0.4 is 0 Å². The van der Waals surface area contributed by atoms with Gasteiger partial charge in [0.2, 0.25) is 0 Å². The molecule has 2 unspecified atom stereocenters. The molecular formula is C15H26O5S. The van der Waals surface area contributed by atoms with Crippen molar-refractivity contribution in [3.8, 4) is 0 Å². The Hall–Kier alpha value is -1.04. The third-order valence-electron chi connectivity index (χ3n) is 3.63. The van der Waals surface area contributed by atoms with Gasteiger partial charge < -0.3 is 10.2 Å². The van der Waals surface area contributed by atoms with Crippen LogP contribution in [-0.4, -0.2) is 27.3 Å². The minimum absolute atomic E-state index is 0.293. The summed E-state index contributed by atoms with van der Waals surface area (Å²) in [6, 6.07) is 0. The van der Waals surface area contributed by atoms with Crippen LogP contribution in [0.15, 0.2) is 0 Å². The maximum Gasteiger partial charge on any atom is 0.307 e. The van der Waals surface area contributed by atoms with Gasteiger partial charge in [0.15, 0.2) is 5.12 Å². The Morgan fingerprint density at radius 1 is 0.857 bits per heavy atom. The zero-order valence-electron chi connectivity index (χ0n) is 12.6.